The van der Waals surface area contributed by atoms with Gasteiger partial charge in [-0.15, -0.1) is 0 Å². The first-order valence-electron chi connectivity index (χ1n) is 7.00. The summed E-state index contributed by atoms with van der Waals surface area (Å²) in [5.74, 6) is 0. The SMILES string of the molecule is CCCNCc1cncn1C(C)c1ccc(C)cc1. The van der Waals surface area contributed by atoms with Gasteiger partial charge in [-0.25, -0.2) is 4.98 Å². The Labute approximate surface area is 115 Å². The van der Waals surface area contributed by atoms with Gasteiger partial charge < -0.3 is 9.88 Å². The molecule has 0 saturated heterocycles. The summed E-state index contributed by atoms with van der Waals surface area (Å²) in [5.41, 5.74) is 3.85. The minimum absolute atomic E-state index is 0.321. The third-order valence-electron chi connectivity index (χ3n) is 3.46. The molecule has 0 aliphatic heterocycles. The van der Waals surface area contributed by atoms with Crippen LogP contribution >= 0.6 is 0 Å². The zero-order valence-electron chi connectivity index (χ0n) is 12.1. The lowest BCUT2D eigenvalue weighted by molar-refractivity contribution is 0.574. The molecule has 1 aromatic heterocycles. The number of aryl methyl sites for hydroxylation is 1. The maximum atomic E-state index is 4.29. The van der Waals surface area contributed by atoms with Crippen LogP contribution in [0.15, 0.2) is 36.8 Å². The van der Waals surface area contributed by atoms with E-state index in [1.54, 1.807) is 0 Å². The summed E-state index contributed by atoms with van der Waals surface area (Å²) in [6.45, 7) is 8.44. The Hall–Kier alpha value is -1.61. The molecule has 0 amide bonds. The average molecular weight is 257 g/mol. The fourth-order valence-corrected chi connectivity index (χ4v) is 2.22. The summed E-state index contributed by atoms with van der Waals surface area (Å²) >= 11 is 0. The van der Waals surface area contributed by atoms with Crippen molar-refractivity contribution in [1.82, 2.24) is 14.9 Å². The maximum absolute atomic E-state index is 4.29. The molecule has 1 N–H and O–H groups in total. The minimum atomic E-state index is 0.321. The highest BCUT2D eigenvalue weighted by atomic mass is 15.1. The number of rotatable bonds is 6. The van der Waals surface area contributed by atoms with Gasteiger partial charge in [0.15, 0.2) is 0 Å². The van der Waals surface area contributed by atoms with E-state index < -0.39 is 0 Å². The third kappa shape index (κ3) is 3.44. The van der Waals surface area contributed by atoms with Crippen LogP contribution < -0.4 is 5.32 Å². The van der Waals surface area contributed by atoms with Gasteiger partial charge in [-0.3, -0.25) is 0 Å². The molecule has 0 spiro atoms. The van der Waals surface area contributed by atoms with E-state index in [1.165, 1.54) is 16.8 Å². The van der Waals surface area contributed by atoms with Crippen LogP contribution in [0.2, 0.25) is 0 Å². The van der Waals surface area contributed by atoms with Gasteiger partial charge in [-0.1, -0.05) is 36.8 Å². The molecule has 1 aromatic carbocycles. The third-order valence-corrected chi connectivity index (χ3v) is 3.46. The monoisotopic (exact) mass is 257 g/mol. The molecule has 2 aromatic rings. The average Bonchev–Trinajstić information content (AvgIpc) is 2.87. The summed E-state index contributed by atoms with van der Waals surface area (Å²) in [6, 6.07) is 9.05. The van der Waals surface area contributed by atoms with E-state index in [2.05, 4.69) is 59.9 Å². The second kappa shape index (κ2) is 6.53. The van der Waals surface area contributed by atoms with E-state index >= 15 is 0 Å². The molecule has 0 radical (unpaired) electrons. The van der Waals surface area contributed by atoms with Crippen LogP contribution in [-0.4, -0.2) is 16.1 Å². The van der Waals surface area contributed by atoms with Crippen LogP contribution in [0.1, 0.15) is 43.1 Å². The Bertz CT molecular complexity index is 499. The Morgan fingerprint density at radius 2 is 2.00 bits per heavy atom. The zero-order chi connectivity index (χ0) is 13.7. The van der Waals surface area contributed by atoms with Crippen molar-refractivity contribution in [2.24, 2.45) is 0 Å². The molecule has 0 aliphatic rings. The molecule has 1 atom stereocenters. The normalized spacial score (nSPS) is 12.6. The first-order valence-corrected chi connectivity index (χ1v) is 7.00. The van der Waals surface area contributed by atoms with Crippen LogP contribution in [0, 0.1) is 6.92 Å². The van der Waals surface area contributed by atoms with Gasteiger partial charge in [0.1, 0.15) is 0 Å². The summed E-state index contributed by atoms with van der Waals surface area (Å²) in [4.78, 5) is 4.29. The molecule has 3 nitrogen and oxygen atoms in total. The van der Waals surface area contributed by atoms with Crippen LogP contribution in [0.25, 0.3) is 0 Å². The molecular formula is C16H23N3. The number of imidazole rings is 1. The first kappa shape index (κ1) is 13.8. The van der Waals surface area contributed by atoms with E-state index in [-0.39, 0.29) is 0 Å². The van der Waals surface area contributed by atoms with Gasteiger partial charge in [0.2, 0.25) is 0 Å². The van der Waals surface area contributed by atoms with Gasteiger partial charge >= 0.3 is 0 Å². The van der Waals surface area contributed by atoms with Crippen molar-refractivity contribution in [3.63, 3.8) is 0 Å². The van der Waals surface area contributed by atoms with E-state index in [9.17, 15) is 0 Å². The molecule has 0 fully saturated rings. The van der Waals surface area contributed by atoms with Crippen LogP contribution in [0.4, 0.5) is 0 Å². The van der Waals surface area contributed by atoms with Crippen molar-refractivity contribution in [2.75, 3.05) is 6.54 Å². The number of hydrogen-bond donors (Lipinski definition) is 1. The Morgan fingerprint density at radius 1 is 1.26 bits per heavy atom. The van der Waals surface area contributed by atoms with Crippen molar-refractivity contribution in [3.8, 4) is 0 Å². The molecule has 2 rings (SSSR count). The van der Waals surface area contributed by atoms with E-state index in [0.29, 0.717) is 6.04 Å². The summed E-state index contributed by atoms with van der Waals surface area (Å²) in [7, 11) is 0. The lowest BCUT2D eigenvalue weighted by Crippen LogP contribution is -2.18. The highest BCUT2D eigenvalue weighted by Gasteiger charge is 2.11. The van der Waals surface area contributed by atoms with Gasteiger partial charge in [-0.05, 0) is 32.4 Å². The Kier molecular flexibility index (Phi) is 4.74. The molecule has 102 valence electrons. The number of nitrogens with one attached hydrogen (secondary N) is 1. The van der Waals surface area contributed by atoms with Gasteiger partial charge in [-0.2, -0.15) is 0 Å². The fraction of sp³-hybridized carbons (Fsp3) is 0.438. The summed E-state index contributed by atoms with van der Waals surface area (Å²) in [5, 5.41) is 3.43. The molecule has 0 aliphatic carbocycles. The smallest absolute Gasteiger partial charge is 0.0954 e. The predicted molar refractivity (Wildman–Crippen MR) is 79.2 cm³/mol. The molecule has 19 heavy (non-hydrogen) atoms. The number of benzene rings is 1. The van der Waals surface area contributed by atoms with Crippen molar-refractivity contribution < 1.29 is 0 Å². The standard InChI is InChI=1S/C16H23N3/c1-4-9-17-10-16-11-18-12-19(16)14(3)15-7-5-13(2)6-8-15/h5-8,11-12,14,17H,4,9-10H2,1-3H3. The molecular weight excluding hydrogens is 234 g/mol. The van der Waals surface area contributed by atoms with E-state index in [0.717, 1.165) is 19.5 Å². The zero-order valence-corrected chi connectivity index (χ0v) is 12.1. The minimum Gasteiger partial charge on any atom is -0.326 e. The maximum Gasteiger partial charge on any atom is 0.0954 e. The van der Waals surface area contributed by atoms with Gasteiger partial charge in [0.05, 0.1) is 18.1 Å². The van der Waals surface area contributed by atoms with Crippen LogP contribution in [0.3, 0.4) is 0 Å². The van der Waals surface area contributed by atoms with E-state index in [1.807, 2.05) is 12.5 Å². The van der Waals surface area contributed by atoms with Crippen LogP contribution in [0.5, 0.6) is 0 Å². The largest absolute Gasteiger partial charge is 0.326 e. The number of nitrogens with zero attached hydrogens (tertiary/aromatic N) is 2. The van der Waals surface area contributed by atoms with Gasteiger partial charge in [0.25, 0.3) is 0 Å². The summed E-state index contributed by atoms with van der Waals surface area (Å²) in [6.07, 6.45) is 5.03. The number of aromatic nitrogens is 2. The van der Waals surface area contributed by atoms with Crippen molar-refractivity contribution in [2.45, 2.75) is 39.8 Å². The lowest BCUT2D eigenvalue weighted by atomic mass is 10.1. The molecule has 3 heteroatoms. The predicted octanol–water partition coefficient (Wildman–Crippen LogP) is 3.30. The van der Waals surface area contributed by atoms with Crippen molar-refractivity contribution in [3.05, 3.63) is 53.6 Å². The topological polar surface area (TPSA) is 29.9 Å². The Morgan fingerprint density at radius 3 is 2.68 bits per heavy atom. The van der Waals surface area contributed by atoms with Crippen molar-refractivity contribution in [1.29, 1.82) is 0 Å². The lowest BCUT2D eigenvalue weighted by Gasteiger charge is -2.17. The first-order chi connectivity index (χ1) is 9.22. The number of hydrogen-bond acceptors (Lipinski definition) is 2. The second-order valence-electron chi connectivity index (χ2n) is 5.06. The molecule has 1 unspecified atom stereocenters. The second-order valence-corrected chi connectivity index (χ2v) is 5.06. The summed E-state index contributed by atoms with van der Waals surface area (Å²) < 4.78 is 2.24. The highest BCUT2D eigenvalue weighted by Crippen LogP contribution is 2.20. The molecule has 0 saturated carbocycles. The molecule has 1 heterocycles. The fourth-order valence-electron chi connectivity index (χ4n) is 2.22. The van der Waals surface area contributed by atoms with Gasteiger partial charge in [0, 0.05) is 12.7 Å². The van der Waals surface area contributed by atoms with E-state index in [4.69, 9.17) is 0 Å². The quantitative estimate of drug-likeness (QED) is 0.805. The van der Waals surface area contributed by atoms with Crippen molar-refractivity contribution >= 4 is 0 Å². The highest BCUT2D eigenvalue weighted by molar-refractivity contribution is 5.25. The molecule has 0 bridgehead atoms. The Balaban J connectivity index is 2.12. The van der Waals surface area contributed by atoms with Crippen LogP contribution in [-0.2, 0) is 6.54 Å².